The van der Waals surface area contributed by atoms with Crippen molar-refractivity contribution < 1.29 is 22.3 Å². The fourth-order valence-electron chi connectivity index (χ4n) is 3.12. The molecule has 26 heavy (non-hydrogen) atoms. The molecule has 0 heterocycles. The van der Waals surface area contributed by atoms with Crippen molar-refractivity contribution in [3.63, 3.8) is 0 Å². The first-order chi connectivity index (χ1) is 12.3. The highest BCUT2D eigenvalue weighted by atomic mass is 19.4. The second-order valence-electron chi connectivity index (χ2n) is 6.37. The minimum Gasteiger partial charge on any atom is -0.491 e. The van der Waals surface area contributed by atoms with Crippen LogP contribution in [0.3, 0.4) is 0 Å². The molecule has 0 amide bonds. The molecule has 0 saturated heterocycles. The molecule has 4 nitrogen and oxygen atoms in total. The first-order valence-corrected chi connectivity index (χ1v) is 8.78. The molecule has 8 heteroatoms. The van der Waals surface area contributed by atoms with Gasteiger partial charge in [-0.15, -0.1) is 0 Å². The lowest BCUT2D eigenvalue weighted by molar-refractivity contribution is -0.183. The average molecular weight is 375 g/mol. The highest BCUT2D eigenvalue weighted by molar-refractivity contribution is 5.79. The van der Waals surface area contributed by atoms with Crippen LogP contribution in [0.4, 0.5) is 17.6 Å². The number of guanidine groups is 1. The summed E-state index contributed by atoms with van der Waals surface area (Å²) >= 11 is 0. The third-order valence-electron chi connectivity index (χ3n) is 4.46. The summed E-state index contributed by atoms with van der Waals surface area (Å²) in [6, 6.07) is 4.38. The highest BCUT2D eigenvalue weighted by Gasteiger charge is 2.42. The molecule has 2 unspecified atom stereocenters. The number of nitrogens with one attached hydrogen (secondary N) is 2. The predicted molar refractivity (Wildman–Crippen MR) is 92.7 cm³/mol. The Morgan fingerprint density at radius 3 is 2.69 bits per heavy atom. The third kappa shape index (κ3) is 5.78. The Kier molecular flexibility index (Phi) is 7.11. The van der Waals surface area contributed by atoms with E-state index in [2.05, 4.69) is 15.6 Å². The van der Waals surface area contributed by atoms with E-state index in [-0.39, 0.29) is 24.6 Å². The molecule has 1 aliphatic rings. The number of alkyl halides is 3. The molecule has 1 aliphatic carbocycles. The van der Waals surface area contributed by atoms with E-state index in [1.54, 1.807) is 26.1 Å². The van der Waals surface area contributed by atoms with Gasteiger partial charge in [0.2, 0.25) is 0 Å². The Hall–Kier alpha value is -1.99. The van der Waals surface area contributed by atoms with Crippen LogP contribution < -0.4 is 15.4 Å². The summed E-state index contributed by atoms with van der Waals surface area (Å²) in [6.45, 7) is 2.46. The van der Waals surface area contributed by atoms with Gasteiger partial charge in [-0.2, -0.15) is 13.2 Å². The van der Waals surface area contributed by atoms with E-state index in [0.717, 1.165) is 0 Å². The van der Waals surface area contributed by atoms with E-state index in [1.165, 1.54) is 6.07 Å². The summed E-state index contributed by atoms with van der Waals surface area (Å²) in [4.78, 5) is 4.05. The predicted octanol–water partition coefficient (Wildman–Crippen LogP) is 4.01. The van der Waals surface area contributed by atoms with Crippen LogP contribution >= 0.6 is 0 Å². The molecule has 1 aromatic carbocycles. The molecule has 0 spiro atoms. The molecule has 1 fully saturated rings. The van der Waals surface area contributed by atoms with Gasteiger partial charge in [0.1, 0.15) is 0 Å². The van der Waals surface area contributed by atoms with Gasteiger partial charge in [-0.1, -0.05) is 12.5 Å². The average Bonchev–Trinajstić information content (AvgIpc) is 2.60. The van der Waals surface area contributed by atoms with Gasteiger partial charge in [-0.25, -0.2) is 4.39 Å². The lowest BCUT2D eigenvalue weighted by Crippen LogP contribution is -2.46. The van der Waals surface area contributed by atoms with Crippen LogP contribution in [0.1, 0.15) is 38.2 Å². The Labute approximate surface area is 151 Å². The first-order valence-electron chi connectivity index (χ1n) is 8.78. The Morgan fingerprint density at radius 2 is 2.08 bits per heavy atom. The fourth-order valence-corrected chi connectivity index (χ4v) is 3.12. The normalized spacial score (nSPS) is 21.4. The number of ether oxygens (including phenoxy) is 1. The van der Waals surface area contributed by atoms with Gasteiger partial charge in [0.25, 0.3) is 0 Å². The molecule has 1 aromatic rings. The van der Waals surface area contributed by atoms with Gasteiger partial charge in [0.15, 0.2) is 17.5 Å². The van der Waals surface area contributed by atoms with Crippen LogP contribution in [0.15, 0.2) is 23.2 Å². The number of benzene rings is 1. The van der Waals surface area contributed by atoms with Crippen molar-refractivity contribution in [1.82, 2.24) is 10.6 Å². The fraction of sp³-hybridized carbons (Fsp3) is 0.611. The Bertz CT molecular complexity index is 619. The van der Waals surface area contributed by atoms with Crippen molar-refractivity contribution in [3.8, 4) is 5.75 Å². The third-order valence-corrected chi connectivity index (χ3v) is 4.46. The van der Waals surface area contributed by atoms with Crippen LogP contribution in [0.2, 0.25) is 0 Å². The lowest BCUT2D eigenvalue weighted by Gasteiger charge is -2.31. The van der Waals surface area contributed by atoms with Crippen LogP contribution in [0, 0.1) is 11.7 Å². The van der Waals surface area contributed by atoms with E-state index >= 15 is 0 Å². The van der Waals surface area contributed by atoms with Crippen molar-refractivity contribution >= 4 is 5.96 Å². The molecule has 0 bridgehead atoms. The maximum atomic E-state index is 13.9. The van der Waals surface area contributed by atoms with E-state index in [9.17, 15) is 17.6 Å². The van der Waals surface area contributed by atoms with Gasteiger partial charge in [-0.3, -0.25) is 4.99 Å². The maximum absolute atomic E-state index is 13.9. The van der Waals surface area contributed by atoms with Crippen LogP contribution in [-0.2, 0) is 6.54 Å². The van der Waals surface area contributed by atoms with Gasteiger partial charge in [0.05, 0.1) is 12.5 Å². The van der Waals surface area contributed by atoms with Crippen molar-refractivity contribution in [2.24, 2.45) is 10.9 Å². The molecule has 2 rings (SSSR count). The van der Waals surface area contributed by atoms with Gasteiger partial charge in [0, 0.05) is 19.6 Å². The zero-order valence-corrected chi connectivity index (χ0v) is 15.0. The topological polar surface area (TPSA) is 45.6 Å². The van der Waals surface area contributed by atoms with Gasteiger partial charge < -0.3 is 15.4 Å². The second-order valence-corrected chi connectivity index (χ2v) is 6.37. The quantitative estimate of drug-likeness (QED) is 0.464. The summed E-state index contributed by atoms with van der Waals surface area (Å²) in [5, 5.41) is 6.06. The SMILES string of the molecule is CCOc1ccc(CNC(=NC)NC2CCCC(C(F)(F)F)C2)cc1F. The number of rotatable bonds is 5. The smallest absolute Gasteiger partial charge is 0.391 e. The molecule has 2 atom stereocenters. The van der Waals surface area contributed by atoms with E-state index in [0.29, 0.717) is 37.5 Å². The van der Waals surface area contributed by atoms with Crippen LogP contribution in [0.25, 0.3) is 0 Å². The van der Waals surface area contributed by atoms with Crippen molar-refractivity contribution in [2.75, 3.05) is 13.7 Å². The Balaban J connectivity index is 1.89. The summed E-state index contributed by atoms with van der Waals surface area (Å²) < 4.78 is 57.7. The van der Waals surface area contributed by atoms with Crippen LogP contribution in [0.5, 0.6) is 5.75 Å². The monoisotopic (exact) mass is 375 g/mol. The van der Waals surface area contributed by atoms with Crippen molar-refractivity contribution in [2.45, 2.75) is 51.4 Å². The maximum Gasteiger partial charge on any atom is 0.391 e. The number of aliphatic imine (C=N–C) groups is 1. The summed E-state index contributed by atoms with van der Waals surface area (Å²) in [5.74, 6) is -1.12. The zero-order chi connectivity index (χ0) is 19.2. The van der Waals surface area contributed by atoms with Gasteiger partial charge >= 0.3 is 6.18 Å². The van der Waals surface area contributed by atoms with Crippen LogP contribution in [-0.4, -0.2) is 31.8 Å². The second kappa shape index (κ2) is 9.09. The molecular weight excluding hydrogens is 350 g/mol. The van der Waals surface area contributed by atoms with E-state index in [4.69, 9.17) is 4.74 Å². The molecule has 1 saturated carbocycles. The minimum atomic E-state index is -4.16. The number of hydrogen-bond donors (Lipinski definition) is 2. The molecule has 0 radical (unpaired) electrons. The van der Waals surface area contributed by atoms with E-state index < -0.39 is 17.9 Å². The molecule has 2 N–H and O–H groups in total. The Morgan fingerprint density at radius 1 is 1.31 bits per heavy atom. The standard InChI is InChI=1S/C18H25F4N3O/c1-3-26-16-8-7-12(9-15(16)19)11-24-17(23-2)25-14-6-4-5-13(10-14)18(20,21)22/h7-9,13-14H,3-6,10-11H2,1-2H3,(H2,23,24,25). The molecule has 146 valence electrons. The molecule has 0 aliphatic heterocycles. The molecule has 0 aromatic heterocycles. The zero-order valence-electron chi connectivity index (χ0n) is 15.0. The number of nitrogens with zero attached hydrogens (tertiary/aromatic N) is 1. The summed E-state index contributed by atoms with van der Waals surface area (Å²) in [7, 11) is 1.55. The molecular formula is C18H25F4N3O. The first kappa shape index (κ1) is 20.3. The van der Waals surface area contributed by atoms with Crippen molar-refractivity contribution in [3.05, 3.63) is 29.6 Å². The number of halogens is 4. The van der Waals surface area contributed by atoms with Gasteiger partial charge in [-0.05, 0) is 43.9 Å². The number of hydrogen-bond acceptors (Lipinski definition) is 2. The highest BCUT2D eigenvalue weighted by Crippen LogP contribution is 2.37. The minimum absolute atomic E-state index is 0.0435. The van der Waals surface area contributed by atoms with E-state index in [1.807, 2.05) is 0 Å². The summed E-state index contributed by atoms with van der Waals surface area (Å²) in [6.07, 6.45) is -2.73. The largest absolute Gasteiger partial charge is 0.491 e. The summed E-state index contributed by atoms with van der Waals surface area (Å²) in [5.41, 5.74) is 0.686. The lowest BCUT2D eigenvalue weighted by atomic mass is 9.85. The van der Waals surface area contributed by atoms with Crippen molar-refractivity contribution in [1.29, 1.82) is 0 Å².